The normalized spacial score (nSPS) is 11.4. The summed E-state index contributed by atoms with van der Waals surface area (Å²) >= 11 is 1.44. The van der Waals surface area contributed by atoms with Gasteiger partial charge in [0.2, 0.25) is 10.0 Å². The van der Waals surface area contributed by atoms with Crippen molar-refractivity contribution in [2.75, 3.05) is 0 Å². The zero-order chi connectivity index (χ0) is 21.6. The topological polar surface area (TPSA) is 84.5 Å². The Morgan fingerprint density at radius 3 is 2.40 bits per heavy atom. The lowest BCUT2D eigenvalue weighted by molar-refractivity contribution is -0.0504. The van der Waals surface area contributed by atoms with Gasteiger partial charge in [-0.15, -0.1) is 11.3 Å². The fourth-order valence-electron chi connectivity index (χ4n) is 2.59. The number of carbonyl (C=O) groups is 1. The Bertz CT molecular complexity index is 1090. The number of ether oxygens (including phenoxy) is 1. The van der Waals surface area contributed by atoms with Crippen molar-refractivity contribution in [1.82, 2.24) is 10.0 Å². The molecule has 0 atom stereocenters. The van der Waals surface area contributed by atoms with Crippen molar-refractivity contribution in [3.63, 3.8) is 0 Å². The molecule has 3 rings (SSSR count). The minimum Gasteiger partial charge on any atom is -0.434 e. The number of thiophene rings is 1. The first kappa shape index (κ1) is 21.9. The fourth-order valence-corrected chi connectivity index (χ4v) is 4.33. The summed E-state index contributed by atoms with van der Waals surface area (Å²) in [5.41, 5.74) is 0.627. The minimum absolute atomic E-state index is 0.0222. The summed E-state index contributed by atoms with van der Waals surface area (Å²) < 4.78 is 56.6. The lowest BCUT2D eigenvalue weighted by atomic mass is 10.2. The number of para-hydroxylation sites is 1. The second kappa shape index (κ2) is 9.79. The van der Waals surface area contributed by atoms with Gasteiger partial charge in [0.25, 0.3) is 5.91 Å². The van der Waals surface area contributed by atoms with Crippen molar-refractivity contribution in [2.45, 2.75) is 24.6 Å². The Morgan fingerprint density at radius 2 is 1.73 bits per heavy atom. The van der Waals surface area contributed by atoms with Gasteiger partial charge in [0.15, 0.2) is 0 Å². The average molecular weight is 453 g/mol. The molecule has 0 aliphatic heterocycles. The number of halogens is 2. The molecule has 0 spiro atoms. The van der Waals surface area contributed by atoms with E-state index in [1.54, 1.807) is 18.2 Å². The maximum absolute atomic E-state index is 12.5. The molecular formula is C20H18F2N2O4S2. The second-order valence-electron chi connectivity index (χ2n) is 6.10. The van der Waals surface area contributed by atoms with Crippen molar-refractivity contribution in [3.05, 3.63) is 82.0 Å². The molecule has 6 nitrogen and oxygen atoms in total. The molecule has 0 bridgehead atoms. The van der Waals surface area contributed by atoms with Gasteiger partial charge in [0.05, 0.1) is 4.90 Å². The van der Waals surface area contributed by atoms with Gasteiger partial charge >= 0.3 is 6.61 Å². The predicted molar refractivity (Wildman–Crippen MR) is 109 cm³/mol. The molecule has 1 aromatic heterocycles. The van der Waals surface area contributed by atoms with Gasteiger partial charge in [0.1, 0.15) is 5.75 Å². The first-order chi connectivity index (χ1) is 14.3. The molecule has 2 aromatic carbocycles. The molecule has 0 unspecified atom stereocenters. The molecule has 0 aliphatic rings. The molecule has 3 aromatic rings. The van der Waals surface area contributed by atoms with Crippen molar-refractivity contribution in [2.24, 2.45) is 0 Å². The number of rotatable bonds is 9. The minimum atomic E-state index is -3.71. The van der Waals surface area contributed by atoms with Crippen molar-refractivity contribution in [3.8, 4) is 5.75 Å². The van der Waals surface area contributed by atoms with E-state index < -0.39 is 22.5 Å². The molecule has 1 heterocycles. The van der Waals surface area contributed by atoms with Crippen LogP contribution in [0.1, 0.15) is 20.8 Å². The van der Waals surface area contributed by atoms with Crippen molar-refractivity contribution in [1.29, 1.82) is 0 Å². The van der Waals surface area contributed by atoms with Gasteiger partial charge < -0.3 is 10.1 Å². The summed E-state index contributed by atoms with van der Waals surface area (Å²) in [4.78, 5) is 13.2. The third-order valence-electron chi connectivity index (χ3n) is 4.07. The molecule has 10 heteroatoms. The van der Waals surface area contributed by atoms with E-state index >= 15 is 0 Å². The molecule has 0 aliphatic carbocycles. The van der Waals surface area contributed by atoms with Gasteiger partial charge in [-0.25, -0.2) is 13.1 Å². The molecule has 30 heavy (non-hydrogen) atoms. The van der Waals surface area contributed by atoms with Gasteiger partial charge in [-0.3, -0.25) is 4.79 Å². The van der Waals surface area contributed by atoms with Gasteiger partial charge in [-0.05, 0) is 41.8 Å². The molecule has 0 saturated carbocycles. The summed E-state index contributed by atoms with van der Waals surface area (Å²) in [5.74, 6) is -0.497. The van der Waals surface area contributed by atoms with E-state index in [0.29, 0.717) is 5.56 Å². The summed E-state index contributed by atoms with van der Waals surface area (Å²) in [6, 6.07) is 15.2. The number of hydrogen-bond donors (Lipinski definition) is 2. The Labute approximate surface area is 176 Å². The fraction of sp³-hybridized carbons (Fsp3) is 0.150. The molecule has 0 saturated heterocycles. The maximum Gasteiger partial charge on any atom is 0.387 e. The van der Waals surface area contributed by atoms with Crippen LogP contribution in [0.5, 0.6) is 5.75 Å². The number of benzene rings is 2. The summed E-state index contributed by atoms with van der Waals surface area (Å²) in [6.07, 6.45) is 0. The Hall–Kier alpha value is -2.82. The summed E-state index contributed by atoms with van der Waals surface area (Å²) in [6.45, 7) is -2.81. The monoisotopic (exact) mass is 452 g/mol. The third-order valence-corrected chi connectivity index (χ3v) is 6.36. The van der Waals surface area contributed by atoms with Crippen molar-refractivity contribution >= 4 is 27.3 Å². The Balaban J connectivity index is 1.61. The van der Waals surface area contributed by atoms with Crippen LogP contribution in [0.15, 0.2) is 70.9 Å². The van der Waals surface area contributed by atoms with Crippen LogP contribution in [0.25, 0.3) is 0 Å². The number of carbonyl (C=O) groups excluding carboxylic acids is 1. The summed E-state index contributed by atoms with van der Waals surface area (Å²) in [5, 5.41) is 4.46. The SMILES string of the molecule is O=C(NCc1ccccc1OC(F)F)c1ccc(S(=O)(=O)NCc2cccs2)cc1. The first-order valence-corrected chi connectivity index (χ1v) is 11.1. The molecule has 0 fully saturated rings. The van der Waals surface area contributed by atoms with E-state index in [2.05, 4.69) is 14.8 Å². The van der Waals surface area contributed by atoms with Crippen LogP contribution >= 0.6 is 11.3 Å². The van der Waals surface area contributed by atoms with E-state index in [1.807, 2.05) is 17.5 Å². The highest BCUT2D eigenvalue weighted by molar-refractivity contribution is 7.89. The number of hydrogen-bond acceptors (Lipinski definition) is 5. The van der Waals surface area contributed by atoms with Crippen LogP contribution in [-0.4, -0.2) is 20.9 Å². The molecule has 1 amide bonds. The van der Waals surface area contributed by atoms with E-state index in [-0.39, 0.29) is 29.3 Å². The first-order valence-electron chi connectivity index (χ1n) is 8.78. The summed E-state index contributed by atoms with van der Waals surface area (Å²) in [7, 11) is -3.71. The van der Waals surface area contributed by atoms with Crippen LogP contribution in [0.2, 0.25) is 0 Å². The average Bonchev–Trinajstić information content (AvgIpc) is 3.25. The van der Waals surface area contributed by atoms with Crippen LogP contribution in [-0.2, 0) is 23.1 Å². The highest BCUT2D eigenvalue weighted by Crippen LogP contribution is 2.20. The maximum atomic E-state index is 12.5. The van der Waals surface area contributed by atoms with E-state index in [1.165, 1.54) is 41.7 Å². The number of nitrogens with one attached hydrogen (secondary N) is 2. The van der Waals surface area contributed by atoms with Gasteiger partial charge in [-0.1, -0.05) is 24.3 Å². The zero-order valence-electron chi connectivity index (χ0n) is 15.5. The molecule has 2 N–H and O–H groups in total. The highest BCUT2D eigenvalue weighted by atomic mass is 32.2. The molecule has 158 valence electrons. The Kier molecular flexibility index (Phi) is 7.14. The second-order valence-corrected chi connectivity index (χ2v) is 8.90. The van der Waals surface area contributed by atoms with Crippen molar-refractivity contribution < 1.29 is 26.7 Å². The molecular weight excluding hydrogens is 434 g/mol. The van der Waals surface area contributed by atoms with Gasteiger partial charge in [0, 0.05) is 29.1 Å². The lowest BCUT2D eigenvalue weighted by Crippen LogP contribution is -2.24. The van der Waals surface area contributed by atoms with Crippen LogP contribution in [0.4, 0.5) is 8.78 Å². The van der Waals surface area contributed by atoms with E-state index in [9.17, 15) is 22.0 Å². The molecule has 0 radical (unpaired) electrons. The lowest BCUT2D eigenvalue weighted by Gasteiger charge is -2.11. The van der Waals surface area contributed by atoms with E-state index in [0.717, 1.165) is 4.88 Å². The predicted octanol–water partition coefficient (Wildman–Crippen LogP) is 3.76. The van der Waals surface area contributed by atoms with E-state index in [4.69, 9.17) is 0 Å². The number of sulfonamides is 1. The largest absolute Gasteiger partial charge is 0.434 e. The standard InChI is InChI=1S/C20H18F2N2O4S2/c21-20(22)28-18-6-2-1-4-15(18)12-23-19(25)14-7-9-17(10-8-14)30(26,27)24-13-16-5-3-11-29-16/h1-11,20,24H,12-13H2,(H,23,25). The number of amides is 1. The van der Waals surface area contributed by atoms with Crippen LogP contribution in [0, 0.1) is 0 Å². The number of alkyl halides is 2. The van der Waals surface area contributed by atoms with Crippen LogP contribution < -0.4 is 14.8 Å². The highest BCUT2D eigenvalue weighted by Gasteiger charge is 2.16. The van der Waals surface area contributed by atoms with Crippen LogP contribution in [0.3, 0.4) is 0 Å². The quantitative estimate of drug-likeness (QED) is 0.518. The third kappa shape index (κ3) is 5.85. The smallest absolute Gasteiger partial charge is 0.387 e. The Morgan fingerprint density at radius 1 is 1.00 bits per heavy atom. The zero-order valence-corrected chi connectivity index (χ0v) is 17.2. The van der Waals surface area contributed by atoms with Gasteiger partial charge in [-0.2, -0.15) is 8.78 Å².